The zero-order chi connectivity index (χ0) is 41.9. The van der Waals surface area contributed by atoms with E-state index in [4.69, 9.17) is 0 Å². The van der Waals surface area contributed by atoms with Gasteiger partial charge in [-0.15, -0.1) is 0 Å². The average Bonchev–Trinajstić information content (AvgIpc) is 3.35. The van der Waals surface area contributed by atoms with Crippen molar-refractivity contribution >= 4 is 74.0 Å². The van der Waals surface area contributed by atoms with Gasteiger partial charge in [-0.3, -0.25) is 0 Å². The van der Waals surface area contributed by atoms with E-state index in [-0.39, 0.29) is 6.85 Å². The van der Waals surface area contributed by atoms with Gasteiger partial charge in [0.25, 0.3) is 0 Å². The molecule has 12 rings (SSSR count). The van der Waals surface area contributed by atoms with E-state index in [1.54, 1.807) is 0 Å². The van der Waals surface area contributed by atoms with Gasteiger partial charge in [-0.2, -0.15) is 0 Å². The van der Waals surface area contributed by atoms with Crippen LogP contribution in [0, 0.1) is 6.92 Å². The van der Waals surface area contributed by atoms with E-state index >= 15 is 0 Å². The number of hydrogen-bond acceptors (Lipinski definition) is 3. The molecule has 2 heterocycles. The summed E-state index contributed by atoms with van der Waals surface area (Å²) >= 11 is 0. The predicted molar refractivity (Wildman–Crippen MR) is 268 cm³/mol. The summed E-state index contributed by atoms with van der Waals surface area (Å²) in [6.45, 7) is 2.10. The van der Waals surface area contributed by atoms with Crippen molar-refractivity contribution in [1.82, 2.24) is 0 Å². The fraction of sp³-hybridized carbons (Fsp3) is 0.0169. The van der Waals surface area contributed by atoms with Crippen molar-refractivity contribution in [2.75, 3.05) is 14.6 Å². The van der Waals surface area contributed by atoms with Gasteiger partial charge in [-0.25, -0.2) is 0 Å². The first-order valence-electron chi connectivity index (χ1n) is 21.8. The van der Waals surface area contributed by atoms with Crippen LogP contribution in [0.4, 0.5) is 45.5 Å². The van der Waals surface area contributed by atoms with Crippen molar-refractivity contribution in [1.29, 1.82) is 0 Å². The van der Waals surface area contributed by atoms with Crippen LogP contribution in [-0.2, 0) is 0 Å². The molecular weight excluding hydrogens is 761 g/mol. The Hall–Kier alpha value is -8.08. The van der Waals surface area contributed by atoms with Crippen LogP contribution in [0.5, 0.6) is 0 Å². The SMILES string of the molecule is Cc1cc(-c2ccccc2)ccc1N1c2ccc(N(c3ccccc3)c3ccccc3)cc2B2c3c1cc1ccccc1c3-c1ccccc1N2c1cccc(-c2ccccc2)c1. The van der Waals surface area contributed by atoms with Gasteiger partial charge in [0.2, 0.25) is 0 Å². The second kappa shape index (κ2) is 15.1. The molecule has 0 atom stereocenters. The molecular formula is C59H42BN3. The van der Waals surface area contributed by atoms with Crippen LogP contribution in [0.25, 0.3) is 44.2 Å². The third-order valence-corrected chi connectivity index (χ3v) is 12.9. The van der Waals surface area contributed by atoms with E-state index < -0.39 is 0 Å². The smallest absolute Gasteiger partial charge is 0.333 e. The lowest BCUT2D eigenvalue weighted by atomic mass is 9.43. The molecule has 296 valence electrons. The highest BCUT2D eigenvalue weighted by molar-refractivity contribution is 6.94. The topological polar surface area (TPSA) is 9.72 Å². The van der Waals surface area contributed by atoms with E-state index in [0.29, 0.717) is 0 Å². The molecule has 10 aromatic rings. The van der Waals surface area contributed by atoms with Crippen molar-refractivity contribution in [2.45, 2.75) is 6.92 Å². The largest absolute Gasteiger partial charge is 0.376 e. The van der Waals surface area contributed by atoms with Crippen LogP contribution in [0.3, 0.4) is 0 Å². The Balaban J connectivity index is 1.17. The first kappa shape index (κ1) is 36.7. The third kappa shape index (κ3) is 6.14. The lowest BCUT2D eigenvalue weighted by molar-refractivity contribution is 1.24. The quantitative estimate of drug-likeness (QED) is 0.149. The maximum Gasteiger partial charge on any atom is 0.333 e. The Labute approximate surface area is 369 Å². The molecule has 63 heavy (non-hydrogen) atoms. The first-order valence-corrected chi connectivity index (χ1v) is 21.8. The van der Waals surface area contributed by atoms with Crippen LogP contribution in [-0.4, -0.2) is 6.85 Å². The summed E-state index contributed by atoms with van der Waals surface area (Å²) < 4.78 is 0. The minimum Gasteiger partial charge on any atom is -0.376 e. The number of para-hydroxylation sites is 3. The zero-order valence-corrected chi connectivity index (χ0v) is 34.9. The highest BCUT2D eigenvalue weighted by atomic mass is 15.2. The number of anilines is 8. The van der Waals surface area contributed by atoms with E-state index in [1.807, 2.05) is 0 Å². The summed E-state index contributed by atoms with van der Waals surface area (Å²) in [7, 11) is 0. The van der Waals surface area contributed by atoms with Crippen molar-refractivity contribution in [3.8, 4) is 33.4 Å². The van der Waals surface area contributed by atoms with E-state index in [2.05, 4.69) is 258 Å². The van der Waals surface area contributed by atoms with Gasteiger partial charge in [-0.05, 0) is 141 Å². The summed E-state index contributed by atoms with van der Waals surface area (Å²) in [4.78, 5) is 7.55. The molecule has 4 heteroatoms. The molecule has 0 fully saturated rings. The molecule has 0 saturated carbocycles. The Bertz CT molecular complexity index is 3280. The minimum atomic E-state index is -0.163. The molecule has 10 aromatic carbocycles. The lowest BCUT2D eigenvalue weighted by Crippen LogP contribution is -2.61. The van der Waals surface area contributed by atoms with Crippen LogP contribution in [0.2, 0.25) is 0 Å². The number of aryl methyl sites for hydroxylation is 1. The normalized spacial score (nSPS) is 12.4. The second-order valence-electron chi connectivity index (χ2n) is 16.6. The molecule has 0 bridgehead atoms. The van der Waals surface area contributed by atoms with Crippen LogP contribution in [0.15, 0.2) is 237 Å². The van der Waals surface area contributed by atoms with Crippen molar-refractivity contribution < 1.29 is 0 Å². The van der Waals surface area contributed by atoms with Gasteiger partial charge < -0.3 is 14.6 Å². The minimum absolute atomic E-state index is 0.163. The highest BCUT2D eigenvalue weighted by Crippen LogP contribution is 2.50. The fourth-order valence-electron chi connectivity index (χ4n) is 10.1. The number of benzene rings is 10. The van der Waals surface area contributed by atoms with Gasteiger partial charge in [0.1, 0.15) is 0 Å². The zero-order valence-electron chi connectivity index (χ0n) is 34.9. The number of hydrogen-bond donors (Lipinski definition) is 0. The maximum absolute atomic E-state index is 2.61. The van der Waals surface area contributed by atoms with Gasteiger partial charge in [0.15, 0.2) is 0 Å². The Morgan fingerprint density at radius 1 is 0.397 bits per heavy atom. The maximum atomic E-state index is 2.61. The molecule has 0 radical (unpaired) electrons. The van der Waals surface area contributed by atoms with Crippen molar-refractivity contribution in [3.63, 3.8) is 0 Å². The molecule has 0 aromatic heterocycles. The Kier molecular flexibility index (Phi) is 8.82. The number of fused-ring (bicyclic) bond motifs is 6. The van der Waals surface area contributed by atoms with Gasteiger partial charge in [0, 0.05) is 51.1 Å². The number of rotatable bonds is 7. The molecule has 0 amide bonds. The van der Waals surface area contributed by atoms with Gasteiger partial charge in [-0.1, -0.05) is 158 Å². The Morgan fingerprint density at radius 2 is 0.984 bits per heavy atom. The lowest BCUT2D eigenvalue weighted by Gasteiger charge is -2.46. The molecule has 3 nitrogen and oxygen atoms in total. The van der Waals surface area contributed by atoms with Crippen molar-refractivity contribution in [3.05, 3.63) is 242 Å². The van der Waals surface area contributed by atoms with Crippen LogP contribution < -0.4 is 25.5 Å². The molecule has 2 aliphatic heterocycles. The predicted octanol–water partition coefficient (Wildman–Crippen LogP) is 14.7. The van der Waals surface area contributed by atoms with Crippen LogP contribution >= 0.6 is 0 Å². The molecule has 0 aliphatic carbocycles. The molecule has 2 aliphatic rings. The van der Waals surface area contributed by atoms with Gasteiger partial charge >= 0.3 is 6.85 Å². The molecule has 0 saturated heterocycles. The van der Waals surface area contributed by atoms with Crippen LogP contribution in [0.1, 0.15) is 5.56 Å². The summed E-state index contributed by atoms with van der Waals surface area (Å²) in [6, 6.07) is 86.6. The molecule has 0 unspecified atom stereocenters. The van der Waals surface area contributed by atoms with E-state index in [1.165, 1.54) is 77.7 Å². The molecule has 0 spiro atoms. The van der Waals surface area contributed by atoms with Crippen molar-refractivity contribution in [2.24, 2.45) is 0 Å². The average molecular weight is 804 g/mol. The van der Waals surface area contributed by atoms with E-state index in [9.17, 15) is 0 Å². The first-order chi connectivity index (χ1) is 31.2. The monoisotopic (exact) mass is 803 g/mol. The summed E-state index contributed by atoms with van der Waals surface area (Å²) in [5.74, 6) is 0. The summed E-state index contributed by atoms with van der Waals surface area (Å²) in [5, 5.41) is 2.49. The highest BCUT2D eigenvalue weighted by Gasteiger charge is 2.46. The standard InChI is InChI=1S/C59H42BN3/c1-41-37-45(43-21-8-3-9-22-43)33-35-54(41)62-56-36-34-49(61(47-25-10-4-11-26-47)48-27-12-5-13-28-48)40-53(56)60-59-57(62)39-46-23-14-15-30-51(46)58(59)52-31-16-17-32-55(52)63(60)50-29-18-24-44(38-50)42-19-6-2-7-20-42/h2-40H,1H3. The van der Waals surface area contributed by atoms with E-state index in [0.717, 1.165) is 28.4 Å². The second-order valence-corrected chi connectivity index (χ2v) is 16.6. The number of nitrogens with zero attached hydrogens (tertiary/aromatic N) is 3. The third-order valence-electron chi connectivity index (χ3n) is 12.9. The summed E-state index contributed by atoms with van der Waals surface area (Å²) in [6.07, 6.45) is 0. The Morgan fingerprint density at radius 3 is 1.68 bits per heavy atom. The summed E-state index contributed by atoms with van der Waals surface area (Å²) in [5.41, 5.74) is 20.3. The fourth-order valence-corrected chi connectivity index (χ4v) is 10.1. The molecule has 0 N–H and O–H groups in total. The van der Waals surface area contributed by atoms with Gasteiger partial charge in [0.05, 0.1) is 0 Å².